The van der Waals surface area contributed by atoms with Crippen LogP contribution in [0.5, 0.6) is 5.75 Å². The Morgan fingerprint density at radius 3 is 2.70 bits per heavy atom. The monoisotopic (exact) mass is 343 g/mol. The van der Waals surface area contributed by atoms with E-state index >= 15 is 0 Å². The molecular formula is C15H22BrNO3. The standard InChI is InChI=1S/C15H22BrNO3/c1-3-5-6-12(4-2)11-20-15-8-7-13(10-16)9-14(15)17(18)19/h7-9,12H,3-6,10-11H2,1-2H3. The van der Waals surface area contributed by atoms with Crippen molar-refractivity contribution in [2.75, 3.05) is 6.61 Å². The summed E-state index contributed by atoms with van der Waals surface area (Å²) in [6, 6.07) is 5.11. The SMILES string of the molecule is CCCCC(CC)COc1ccc(CBr)cc1[N+](=O)[O-]. The van der Waals surface area contributed by atoms with Crippen molar-refractivity contribution >= 4 is 21.6 Å². The number of alkyl halides is 1. The number of rotatable bonds is 9. The molecule has 0 fully saturated rings. The van der Waals surface area contributed by atoms with E-state index in [2.05, 4.69) is 29.8 Å². The average molecular weight is 344 g/mol. The molecule has 0 radical (unpaired) electrons. The van der Waals surface area contributed by atoms with E-state index in [1.165, 1.54) is 6.42 Å². The molecule has 0 aromatic heterocycles. The van der Waals surface area contributed by atoms with Gasteiger partial charge in [0.1, 0.15) is 0 Å². The first-order valence-electron chi connectivity index (χ1n) is 7.08. The fourth-order valence-electron chi connectivity index (χ4n) is 2.02. The van der Waals surface area contributed by atoms with Crippen LogP contribution in [0.25, 0.3) is 0 Å². The highest BCUT2D eigenvalue weighted by Gasteiger charge is 2.17. The Labute approximate surface area is 128 Å². The van der Waals surface area contributed by atoms with Gasteiger partial charge in [-0.05, 0) is 24.0 Å². The van der Waals surface area contributed by atoms with Gasteiger partial charge in [-0.1, -0.05) is 55.1 Å². The molecule has 0 aliphatic carbocycles. The van der Waals surface area contributed by atoms with Crippen LogP contribution in [0.1, 0.15) is 45.1 Å². The number of ether oxygens (including phenoxy) is 1. The van der Waals surface area contributed by atoms with Crippen LogP contribution in [0.15, 0.2) is 18.2 Å². The zero-order valence-corrected chi connectivity index (χ0v) is 13.7. The summed E-state index contributed by atoms with van der Waals surface area (Å²) in [5.41, 5.74) is 0.925. The summed E-state index contributed by atoms with van der Waals surface area (Å²) in [7, 11) is 0. The van der Waals surface area contributed by atoms with Gasteiger partial charge < -0.3 is 4.74 Å². The molecule has 0 aliphatic heterocycles. The Morgan fingerprint density at radius 1 is 1.40 bits per heavy atom. The summed E-state index contributed by atoms with van der Waals surface area (Å²) in [5, 5.41) is 11.7. The smallest absolute Gasteiger partial charge is 0.311 e. The maximum absolute atomic E-state index is 11.1. The molecule has 0 saturated carbocycles. The van der Waals surface area contributed by atoms with Crippen molar-refractivity contribution in [2.24, 2.45) is 5.92 Å². The van der Waals surface area contributed by atoms with Gasteiger partial charge in [0.15, 0.2) is 5.75 Å². The van der Waals surface area contributed by atoms with Crippen molar-refractivity contribution in [3.63, 3.8) is 0 Å². The Bertz CT molecular complexity index is 437. The van der Waals surface area contributed by atoms with Crippen molar-refractivity contribution in [2.45, 2.75) is 44.9 Å². The molecule has 0 amide bonds. The first-order valence-corrected chi connectivity index (χ1v) is 8.20. The maximum atomic E-state index is 11.1. The van der Waals surface area contributed by atoms with Gasteiger partial charge in [-0.25, -0.2) is 0 Å². The highest BCUT2D eigenvalue weighted by molar-refractivity contribution is 9.08. The Morgan fingerprint density at radius 2 is 2.15 bits per heavy atom. The van der Waals surface area contributed by atoms with Gasteiger partial charge in [0, 0.05) is 11.4 Å². The number of nitro benzene ring substituents is 1. The molecule has 1 atom stereocenters. The number of hydrogen-bond acceptors (Lipinski definition) is 3. The van der Waals surface area contributed by atoms with Crippen LogP contribution in [0.4, 0.5) is 5.69 Å². The molecule has 0 heterocycles. The first-order chi connectivity index (χ1) is 9.62. The Kier molecular flexibility index (Phi) is 7.59. The highest BCUT2D eigenvalue weighted by Crippen LogP contribution is 2.29. The van der Waals surface area contributed by atoms with E-state index in [-0.39, 0.29) is 10.6 Å². The van der Waals surface area contributed by atoms with Gasteiger partial charge in [-0.3, -0.25) is 10.1 Å². The summed E-state index contributed by atoms with van der Waals surface area (Å²) < 4.78 is 5.69. The number of benzene rings is 1. The Balaban J connectivity index is 2.73. The maximum Gasteiger partial charge on any atom is 0.311 e. The molecule has 112 valence electrons. The lowest BCUT2D eigenvalue weighted by molar-refractivity contribution is -0.386. The van der Waals surface area contributed by atoms with Crippen LogP contribution in [0.2, 0.25) is 0 Å². The van der Waals surface area contributed by atoms with Crippen LogP contribution in [-0.2, 0) is 5.33 Å². The normalized spacial score (nSPS) is 12.2. The molecule has 0 bridgehead atoms. The van der Waals surface area contributed by atoms with Crippen LogP contribution >= 0.6 is 15.9 Å². The summed E-state index contributed by atoms with van der Waals surface area (Å²) >= 11 is 3.30. The van der Waals surface area contributed by atoms with E-state index in [0.717, 1.165) is 24.8 Å². The van der Waals surface area contributed by atoms with Gasteiger partial charge in [0.05, 0.1) is 11.5 Å². The lowest BCUT2D eigenvalue weighted by atomic mass is 10.0. The molecule has 4 nitrogen and oxygen atoms in total. The minimum absolute atomic E-state index is 0.0484. The molecule has 0 spiro atoms. The first kappa shape index (κ1) is 17.0. The largest absolute Gasteiger partial charge is 0.487 e. The van der Waals surface area contributed by atoms with Gasteiger partial charge in [0.25, 0.3) is 0 Å². The number of hydrogen-bond donors (Lipinski definition) is 0. The fraction of sp³-hybridized carbons (Fsp3) is 0.600. The van der Waals surface area contributed by atoms with Crippen molar-refractivity contribution in [3.8, 4) is 5.75 Å². The minimum atomic E-state index is -0.380. The van der Waals surface area contributed by atoms with Crippen LogP contribution in [0.3, 0.4) is 0 Å². The zero-order chi connectivity index (χ0) is 15.0. The van der Waals surface area contributed by atoms with Gasteiger partial charge in [-0.2, -0.15) is 0 Å². The van der Waals surface area contributed by atoms with Gasteiger partial charge in [-0.15, -0.1) is 0 Å². The fourth-order valence-corrected chi connectivity index (χ4v) is 2.37. The van der Waals surface area contributed by atoms with Gasteiger partial charge >= 0.3 is 5.69 Å². The zero-order valence-electron chi connectivity index (χ0n) is 12.1. The number of nitro groups is 1. The predicted octanol–water partition coefficient (Wildman–Crippen LogP) is 5.08. The minimum Gasteiger partial charge on any atom is -0.487 e. The van der Waals surface area contributed by atoms with E-state index < -0.39 is 0 Å². The second kappa shape index (κ2) is 8.95. The molecule has 1 aromatic rings. The van der Waals surface area contributed by atoms with E-state index in [1.807, 2.05) is 6.07 Å². The Hall–Kier alpha value is -1.10. The van der Waals surface area contributed by atoms with E-state index in [9.17, 15) is 10.1 Å². The highest BCUT2D eigenvalue weighted by atomic mass is 79.9. The quantitative estimate of drug-likeness (QED) is 0.356. The second-order valence-electron chi connectivity index (χ2n) is 4.92. The molecule has 0 saturated heterocycles. The topological polar surface area (TPSA) is 52.4 Å². The molecule has 1 aromatic carbocycles. The van der Waals surface area contributed by atoms with Crippen LogP contribution in [-0.4, -0.2) is 11.5 Å². The van der Waals surface area contributed by atoms with E-state index in [4.69, 9.17) is 4.74 Å². The lowest BCUT2D eigenvalue weighted by Crippen LogP contribution is -2.12. The molecule has 0 N–H and O–H groups in total. The second-order valence-corrected chi connectivity index (χ2v) is 5.48. The molecule has 1 unspecified atom stereocenters. The third kappa shape index (κ3) is 5.12. The molecule has 5 heteroatoms. The van der Waals surface area contributed by atoms with Crippen molar-refractivity contribution < 1.29 is 9.66 Å². The number of halogens is 1. The number of unbranched alkanes of at least 4 members (excludes halogenated alkanes) is 1. The van der Waals surface area contributed by atoms with Crippen molar-refractivity contribution in [1.29, 1.82) is 0 Å². The van der Waals surface area contributed by atoms with E-state index in [1.54, 1.807) is 12.1 Å². The summed E-state index contributed by atoms with van der Waals surface area (Å²) in [6.07, 6.45) is 4.48. The van der Waals surface area contributed by atoms with Crippen molar-refractivity contribution in [3.05, 3.63) is 33.9 Å². The van der Waals surface area contributed by atoms with Gasteiger partial charge in [0.2, 0.25) is 0 Å². The summed E-state index contributed by atoms with van der Waals surface area (Å²) in [4.78, 5) is 10.7. The third-order valence-corrected chi connectivity index (χ3v) is 4.04. The van der Waals surface area contributed by atoms with Crippen LogP contribution < -0.4 is 4.74 Å². The van der Waals surface area contributed by atoms with E-state index in [0.29, 0.717) is 23.6 Å². The van der Waals surface area contributed by atoms with Crippen LogP contribution in [0, 0.1) is 16.0 Å². The summed E-state index contributed by atoms with van der Waals surface area (Å²) in [6.45, 7) is 4.84. The summed E-state index contributed by atoms with van der Waals surface area (Å²) in [5.74, 6) is 0.833. The molecule has 1 rings (SSSR count). The molecule has 0 aliphatic rings. The lowest BCUT2D eigenvalue weighted by Gasteiger charge is -2.15. The number of nitrogens with zero attached hydrogens (tertiary/aromatic N) is 1. The molecular weight excluding hydrogens is 322 g/mol. The average Bonchev–Trinajstić information content (AvgIpc) is 2.47. The predicted molar refractivity (Wildman–Crippen MR) is 84.5 cm³/mol. The third-order valence-electron chi connectivity index (χ3n) is 3.39. The van der Waals surface area contributed by atoms with Crippen molar-refractivity contribution in [1.82, 2.24) is 0 Å². The molecule has 20 heavy (non-hydrogen) atoms.